The van der Waals surface area contributed by atoms with Crippen LogP contribution in [0, 0.1) is 45.3 Å². The summed E-state index contributed by atoms with van der Waals surface area (Å²) in [5.74, 6) is -5.23. The van der Waals surface area contributed by atoms with Crippen LogP contribution in [0.25, 0.3) is 22.5 Å². The highest BCUT2D eigenvalue weighted by atomic mass is 32.3. The van der Waals surface area contributed by atoms with Crippen LogP contribution < -0.4 is 21.5 Å². The number of rotatable bonds is 32. The number of nitrogens with one attached hydrogen (secondary N) is 4. The van der Waals surface area contributed by atoms with Crippen molar-refractivity contribution in [3.05, 3.63) is 180 Å². The van der Waals surface area contributed by atoms with Crippen molar-refractivity contribution >= 4 is 67.9 Å². The first-order chi connectivity index (χ1) is 50.9. The number of amides is 4. The van der Waals surface area contributed by atoms with Gasteiger partial charge >= 0.3 is 32.7 Å². The first kappa shape index (κ1) is 95.1. The molecule has 8 atom stereocenters. The first-order valence-electron chi connectivity index (χ1n) is 35.6. The molecule has 4 amide bonds. The van der Waals surface area contributed by atoms with Crippen molar-refractivity contribution in [1.82, 2.24) is 41.5 Å². The van der Waals surface area contributed by atoms with Gasteiger partial charge in [0.15, 0.2) is 11.6 Å². The molecule has 0 aliphatic carbocycles. The number of methoxy groups -OCH3 is 2. The Bertz CT molecular complexity index is 3840. The second-order valence-corrected chi connectivity index (χ2v) is 33.0. The summed E-state index contributed by atoms with van der Waals surface area (Å²) in [6, 6.07) is 44.7. The van der Waals surface area contributed by atoms with E-state index >= 15 is 0 Å². The third kappa shape index (κ3) is 37.6. The topological polar surface area (TPSA) is 425 Å². The minimum atomic E-state index is -4.67. The van der Waals surface area contributed by atoms with Crippen LogP contribution >= 0.6 is 0 Å². The summed E-state index contributed by atoms with van der Waals surface area (Å²) in [4.78, 5) is 113. The average molecular weight is 1570 g/mol. The van der Waals surface area contributed by atoms with Gasteiger partial charge in [-0.2, -0.15) is 16.8 Å². The van der Waals surface area contributed by atoms with Gasteiger partial charge in [0.1, 0.15) is 0 Å². The Kier molecular flexibility index (Phi) is 38.1. The number of benzene rings is 4. The standard InChI is InChI=1S/2C40H54N4O6.2H2O4S/c2*1-27(45)42-37(40(5,6)7)34(46)23-31(22-28-14-10-9-11-15-28)35(47)26-44(43-38(49)32(39(2,3)4)24-36(48)50-8)25-29-17-19-30(20-18-29)33-16-12-13-21-41-33;2*1-5(2,3)4/h2*9-21,31-32,35,37,47H,22-26H2,1-8H3,(H,42,45)(H,43,49);2*(H2,1,2,3,4)/t2*31-,32-,35+,37-;;/m11../s1. The Morgan fingerprint density at radius 3 is 0.955 bits per heavy atom. The van der Waals surface area contributed by atoms with Crippen molar-refractivity contribution in [2.24, 2.45) is 45.3 Å². The van der Waals surface area contributed by atoms with Gasteiger partial charge in [-0.15, -0.1) is 0 Å². The zero-order valence-corrected chi connectivity index (χ0v) is 67.3. The summed E-state index contributed by atoms with van der Waals surface area (Å²) >= 11 is 0. The zero-order chi connectivity index (χ0) is 83.1. The Morgan fingerprint density at radius 1 is 0.418 bits per heavy atom. The number of hydrogen-bond donors (Lipinski definition) is 10. The van der Waals surface area contributed by atoms with Crippen molar-refractivity contribution < 1.29 is 93.1 Å². The van der Waals surface area contributed by atoms with Gasteiger partial charge in [0.25, 0.3) is 0 Å². The van der Waals surface area contributed by atoms with E-state index in [9.17, 15) is 48.6 Å². The van der Waals surface area contributed by atoms with E-state index in [2.05, 4.69) is 31.5 Å². The Balaban J connectivity index is 0.000000507. The number of ketones is 2. The highest BCUT2D eigenvalue weighted by Crippen LogP contribution is 2.33. The lowest BCUT2D eigenvalue weighted by atomic mass is 9.78. The number of aromatic nitrogens is 2. The zero-order valence-electron chi connectivity index (χ0n) is 65.7. The van der Waals surface area contributed by atoms with Crippen molar-refractivity contribution in [3.63, 3.8) is 0 Å². The molecule has 0 saturated heterocycles. The third-order valence-corrected chi connectivity index (χ3v) is 17.6. The number of nitrogens with zero attached hydrogens (tertiary/aromatic N) is 4. The molecule has 110 heavy (non-hydrogen) atoms. The third-order valence-electron chi connectivity index (χ3n) is 17.6. The number of aliphatic hydroxyl groups excluding tert-OH is 2. The molecule has 6 rings (SSSR count). The quantitative estimate of drug-likeness (QED) is 0.0107. The molecule has 0 aliphatic heterocycles. The molecule has 0 unspecified atom stereocenters. The van der Waals surface area contributed by atoms with Gasteiger partial charge < -0.3 is 30.3 Å². The highest BCUT2D eigenvalue weighted by molar-refractivity contribution is 7.80. The van der Waals surface area contributed by atoms with Crippen LogP contribution in [0.4, 0.5) is 0 Å². The number of aliphatic hydroxyl groups is 2. The van der Waals surface area contributed by atoms with Crippen LogP contribution in [-0.2, 0) is 94.6 Å². The van der Waals surface area contributed by atoms with E-state index in [4.69, 9.17) is 44.5 Å². The molecule has 604 valence electrons. The molecule has 0 bridgehead atoms. The molecule has 0 aliphatic rings. The maximum atomic E-state index is 13.9. The Morgan fingerprint density at radius 2 is 0.709 bits per heavy atom. The normalized spacial score (nSPS) is 14.0. The van der Waals surface area contributed by atoms with Gasteiger partial charge in [-0.3, -0.25) is 77.4 Å². The number of esters is 2. The molecule has 28 nitrogen and oxygen atoms in total. The van der Waals surface area contributed by atoms with E-state index in [0.717, 1.165) is 44.8 Å². The molecule has 4 aromatic carbocycles. The first-order valence-corrected chi connectivity index (χ1v) is 38.4. The van der Waals surface area contributed by atoms with Gasteiger partial charge in [-0.25, -0.2) is 10.0 Å². The molecule has 0 radical (unpaired) electrons. The maximum Gasteiger partial charge on any atom is 0.394 e. The minimum absolute atomic E-state index is 0.00575. The second kappa shape index (κ2) is 44.1. The van der Waals surface area contributed by atoms with Gasteiger partial charge in [0.05, 0.1) is 74.6 Å². The fourth-order valence-corrected chi connectivity index (χ4v) is 11.9. The fourth-order valence-electron chi connectivity index (χ4n) is 11.9. The molecule has 0 saturated carbocycles. The molecule has 0 spiro atoms. The number of ether oxygens (including phenoxy) is 2. The van der Waals surface area contributed by atoms with E-state index in [-0.39, 0.29) is 87.1 Å². The van der Waals surface area contributed by atoms with E-state index < -0.39 is 102 Å². The number of pyridine rings is 2. The van der Waals surface area contributed by atoms with Gasteiger partial charge in [0.2, 0.25) is 23.6 Å². The smallest absolute Gasteiger partial charge is 0.394 e. The van der Waals surface area contributed by atoms with Crippen molar-refractivity contribution in [1.29, 1.82) is 0 Å². The number of Topliss-reactive ketones (excluding diaryl/α,β-unsaturated/α-hetero) is 2. The van der Waals surface area contributed by atoms with Crippen molar-refractivity contribution in [2.45, 2.75) is 173 Å². The van der Waals surface area contributed by atoms with E-state index in [1.807, 2.05) is 229 Å². The summed E-state index contributed by atoms with van der Waals surface area (Å²) in [5.41, 5.74) is 10.9. The average Bonchev–Trinajstić information content (AvgIpc) is 0.838. The molecule has 2 aromatic heterocycles. The monoisotopic (exact) mass is 1570 g/mol. The molecule has 2 heterocycles. The number of carbonyl (C=O) groups is 8. The van der Waals surface area contributed by atoms with Crippen molar-refractivity contribution in [2.75, 3.05) is 27.3 Å². The lowest BCUT2D eigenvalue weighted by molar-refractivity contribution is -0.148. The van der Waals surface area contributed by atoms with Crippen molar-refractivity contribution in [3.8, 4) is 22.5 Å². The predicted octanol–water partition coefficient (Wildman–Crippen LogP) is 9.77. The van der Waals surface area contributed by atoms with E-state index in [1.165, 1.54) is 28.1 Å². The maximum absolute atomic E-state index is 13.9. The predicted molar refractivity (Wildman–Crippen MR) is 417 cm³/mol. The minimum Gasteiger partial charge on any atom is -0.469 e. The molecule has 10 N–H and O–H groups in total. The summed E-state index contributed by atoms with van der Waals surface area (Å²) in [5, 5.41) is 32.7. The second-order valence-electron chi connectivity index (χ2n) is 31.2. The SMILES string of the molecule is COC(=O)C[C@H](C(=O)NN(Cc1ccc(-c2ccccn2)cc1)C[C@H](O)[C@@H](CC(=O)[C@@H](NC(C)=O)C(C)(C)C)Cc1ccccc1)C(C)(C)C.COC(=O)C[C@H](C(=O)NN(Cc1ccc(-c2ccccn2)cc1)C[C@H](O)[C@@H](CC(=O)[C@@H](NC(C)=O)C(C)(C)C)Cc1ccccc1)C(C)(C)C.O=S(=O)(O)O.O=S(=O)(O)O. The molecule has 0 fully saturated rings. The molecule has 6 aromatic rings. The molecular formula is C80H112N8O20S2. The van der Waals surface area contributed by atoms with Crippen LogP contribution in [0.2, 0.25) is 0 Å². The molecule has 30 heteroatoms. The largest absolute Gasteiger partial charge is 0.469 e. The number of hydrogen-bond acceptors (Lipinski definition) is 20. The lowest BCUT2D eigenvalue weighted by Gasteiger charge is -2.35. The van der Waals surface area contributed by atoms with Crippen LogP contribution in [0.5, 0.6) is 0 Å². The fraction of sp³-hybridized carbons (Fsp3) is 0.475. The van der Waals surface area contributed by atoms with Gasteiger partial charge in [-0.05, 0) is 92.9 Å². The summed E-state index contributed by atoms with van der Waals surface area (Å²) in [7, 11) is -6.75. The van der Waals surface area contributed by atoms with Crippen LogP contribution in [0.3, 0.4) is 0 Å². The summed E-state index contributed by atoms with van der Waals surface area (Å²) in [6.45, 7) is 25.9. The Labute approximate surface area is 647 Å². The van der Waals surface area contributed by atoms with Gasteiger partial charge in [0, 0.05) is 76.4 Å². The van der Waals surface area contributed by atoms with Crippen LogP contribution in [0.1, 0.15) is 145 Å². The highest BCUT2D eigenvalue weighted by Gasteiger charge is 2.40. The molecular weight excluding hydrogens is 1460 g/mol. The number of hydrazine groups is 2. The van der Waals surface area contributed by atoms with E-state index in [1.54, 1.807) is 22.4 Å². The summed E-state index contributed by atoms with van der Waals surface area (Å²) in [6.07, 6.45) is 1.95. The lowest BCUT2D eigenvalue weighted by Crippen LogP contribution is -2.52. The van der Waals surface area contributed by atoms with E-state index in [0.29, 0.717) is 12.8 Å². The van der Waals surface area contributed by atoms with Crippen LogP contribution in [-0.4, -0.2) is 164 Å². The van der Waals surface area contributed by atoms with Gasteiger partial charge in [-0.1, -0.05) is 204 Å². The van der Waals surface area contributed by atoms with Crippen LogP contribution in [0.15, 0.2) is 158 Å². The number of carbonyl (C=O) groups excluding carboxylic acids is 8. The summed E-state index contributed by atoms with van der Waals surface area (Å²) < 4.78 is 73.0. The Hall–Kier alpha value is -9.08.